The molecule has 0 aliphatic rings. The van der Waals surface area contributed by atoms with E-state index in [2.05, 4.69) is 12.2 Å². The van der Waals surface area contributed by atoms with Crippen LogP contribution in [0.15, 0.2) is 18.2 Å². The number of aliphatic hydroxyl groups is 1. The van der Waals surface area contributed by atoms with E-state index in [-0.39, 0.29) is 6.61 Å². The van der Waals surface area contributed by atoms with Crippen LogP contribution in [0.1, 0.15) is 31.7 Å². The highest BCUT2D eigenvalue weighted by Gasteiger charge is 2.05. The SMILES string of the molecule is CCCCCOc1ccc(CNCCO)cc1OC. The third-order valence-electron chi connectivity index (χ3n) is 2.85. The van der Waals surface area contributed by atoms with Crippen LogP contribution in [0.5, 0.6) is 11.5 Å². The van der Waals surface area contributed by atoms with E-state index in [1.54, 1.807) is 7.11 Å². The third-order valence-corrected chi connectivity index (χ3v) is 2.85. The van der Waals surface area contributed by atoms with Gasteiger partial charge in [0.25, 0.3) is 0 Å². The van der Waals surface area contributed by atoms with E-state index in [0.717, 1.165) is 30.1 Å². The van der Waals surface area contributed by atoms with Gasteiger partial charge in [-0.05, 0) is 24.1 Å². The third kappa shape index (κ3) is 5.94. The maximum Gasteiger partial charge on any atom is 0.161 e. The van der Waals surface area contributed by atoms with Gasteiger partial charge in [-0.3, -0.25) is 0 Å². The predicted molar refractivity (Wildman–Crippen MR) is 76.8 cm³/mol. The van der Waals surface area contributed by atoms with E-state index < -0.39 is 0 Å². The van der Waals surface area contributed by atoms with E-state index in [4.69, 9.17) is 14.6 Å². The van der Waals surface area contributed by atoms with E-state index in [1.165, 1.54) is 12.8 Å². The summed E-state index contributed by atoms with van der Waals surface area (Å²) in [5, 5.41) is 11.9. The summed E-state index contributed by atoms with van der Waals surface area (Å²) in [6.45, 7) is 4.36. The summed E-state index contributed by atoms with van der Waals surface area (Å²) in [6.07, 6.45) is 3.45. The molecule has 19 heavy (non-hydrogen) atoms. The van der Waals surface area contributed by atoms with Crippen LogP contribution in [-0.2, 0) is 6.54 Å². The summed E-state index contributed by atoms with van der Waals surface area (Å²) < 4.78 is 11.1. The summed E-state index contributed by atoms with van der Waals surface area (Å²) in [7, 11) is 1.65. The van der Waals surface area contributed by atoms with Crippen LogP contribution in [-0.4, -0.2) is 32.0 Å². The van der Waals surface area contributed by atoms with Crippen LogP contribution in [0.4, 0.5) is 0 Å². The molecule has 0 radical (unpaired) electrons. The van der Waals surface area contributed by atoms with Crippen LogP contribution in [0.2, 0.25) is 0 Å². The first-order valence-corrected chi connectivity index (χ1v) is 6.93. The van der Waals surface area contributed by atoms with Crippen molar-refractivity contribution in [3.63, 3.8) is 0 Å². The number of unbranched alkanes of at least 4 members (excludes halogenated alkanes) is 2. The van der Waals surface area contributed by atoms with E-state index in [9.17, 15) is 0 Å². The zero-order chi connectivity index (χ0) is 13.9. The lowest BCUT2D eigenvalue weighted by molar-refractivity contribution is 0.285. The molecule has 0 spiro atoms. The topological polar surface area (TPSA) is 50.7 Å². The Balaban J connectivity index is 2.52. The van der Waals surface area contributed by atoms with Gasteiger partial charge >= 0.3 is 0 Å². The first-order chi connectivity index (χ1) is 9.31. The maximum atomic E-state index is 8.72. The van der Waals surface area contributed by atoms with Crippen LogP contribution in [0.25, 0.3) is 0 Å². The van der Waals surface area contributed by atoms with Crippen molar-refractivity contribution in [3.8, 4) is 11.5 Å². The summed E-state index contributed by atoms with van der Waals surface area (Å²) in [6, 6.07) is 5.93. The Morgan fingerprint density at radius 3 is 2.74 bits per heavy atom. The molecule has 0 fully saturated rings. The number of hydrogen-bond acceptors (Lipinski definition) is 4. The molecule has 2 N–H and O–H groups in total. The average Bonchev–Trinajstić information content (AvgIpc) is 2.44. The summed E-state index contributed by atoms with van der Waals surface area (Å²) in [4.78, 5) is 0. The minimum atomic E-state index is 0.149. The van der Waals surface area contributed by atoms with Crippen LogP contribution < -0.4 is 14.8 Å². The molecule has 0 atom stereocenters. The lowest BCUT2D eigenvalue weighted by Crippen LogP contribution is -2.17. The van der Waals surface area contributed by atoms with Gasteiger partial charge in [-0.2, -0.15) is 0 Å². The van der Waals surface area contributed by atoms with Crippen molar-refractivity contribution in [1.29, 1.82) is 0 Å². The molecule has 0 amide bonds. The van der Waals surface area contributed by atoms with Gasteiger partial charge in [-0.25, -0.2) is 0 Å². The Hall–Kier alpha value is -1.26. The molecule has 1 aromatic carbocycles. The normalized spacial score (nSPS) is 10.5. The highest BCUT2D eigenvalue weighted by molar-refractivity contribution is 5.42. The van der Waals surface area contributed by atoms with E-state index >= 15 is 0 Å². The quantitative estimate of drug-likeness (QED) is 0.639. The molecule has 0 aromatic heterocycles. The van der Waals surface area contributed by atoms with E-state index in [1.807, 2.05) is 18.2 Å². The lowest BCUT2D eigenvalue weighted by atomic mass is 10.2. The molecule has 1 aromatic rings. The average molecular weight is 267 g/mol. The van der Waals surface area contributed by atoms with Crippen molar-refractivity contribution >= 4 is 0 Å². The van der Waals surface area contributed by atoms with Gasteiger partial charge in [-0.15, -0.1) is 0 Å². The van der Waals surface area contributed by atoms with Gasteiger partial charge in [0.05, 0.1) is 20.3 Å². The zero-order valence-corrected chi connectivity index (χ0v) is 11.9. The fourth-order valence-corrected chi connectivity index (χ4v) is 1.79. The second kappa shape index (κ2) is 9.64. The van der Waals surface area contributed by atoms with Crippen LogP contribution in [0, 0.1) is 0 Å². The largest absolute Gasteiger partial charge is 0.493 e. The van der Waals surface area contributed by atoms with Crippen LogP contribution >= 0.6 is 0 Å². The van der Waals surface area contributed by atoms with Crippen molar-refractivity contribution in [2.45, 2.75) is 32.7 Å². The minimum Gasteiger partial charge on any atom is -0.493 e. The second-order valence-electron chi connectivity index (χ2n) is 4.44. The van der Waals surface area contributed by atoms with Gasteiger partial charge in [0, 0.05) is 13.1 Å². The van der Waals surface area contributed by atoms with Gasteiger partial charge in [0.1, 0.15) is 0 Å². The molecule has 1 rings (SSSR count). The standard InChI is InChI=1S/C15H25NO3/c1-3-4-5-10-19-14-7-6-13(11-15(14)18-2)12-16-8-9-17/h6-7,11,16-17H,3-5,8-10,12H2,1-2H3. The first-order valence-electron chi connectivity index (χ1n) is 6.93. The van der Waals surface area contributed by atoms with Crippen LogP contribution in [0.3, 0.4) is 0 Å². The monoisotopic (exact) mass is 267 g/mol. The number of benzene rings is 1. The Bertz CT molecular complexity index is 355. The van der Waals surface area contributed by atoms with Gasteiger partial charge in [-0.1, -0.05) is 25.8 Å². The first kappa shape index (κ1) is 15.8. The molecule has 4 heteroatoms. The fourth-order valence-electron chi connectivity index (χ4n) is 1.79. The number of ether oxygens (including phenoxy) is 2. The summed E-state index contributed by atoms with van der Waals surface area (Å²) in [5.41, 5.74) is 1.12. The number of nitrogens with one attached hydrogen (secondary N) is 1. The Morgan fingerprint density at radius 2 is 2.05 bits per heavy atom. The molecule has 0 saturated heterocycles. The minimum absolute atomic E-state index is 0.149. The molecule has 0 aliphatic carbocycles. The zero-order valence-electron chi connectivity index (χ0n) is 11.9. The molecular weight excluding hydrogens is 242 g/mol. The molecule has 0 saturated carbocycles. The molecular formula is C15H25NO3. The number of rotatable bonds is 10. The number of methoxy groups -OCH3 is 1. The second-order valence-corrected chi connectivity index (χ2v) is 4.44. The highest BCUT2D eigenvalue weighted by atomic mass is 16.5. The lowest BCUT2D eigenvalue weighted by Gasteiger charge is -2.12. The van der Waals surface area contributed by atoms with Crippen molar-refractivity contribution in [2.75, 3.05) is 26.9 Å². The van der Waals surface area contributed by atoms with E-state index in [0.29, 0.717) is 13.1 Å². The molecule has 0 unspecified atom stereocenters. The Kier molecular flexibility index (Phi) is 8.02. The molecule has 0 bridgehead atoms. The summed E-state index contributed by atoms with van der Waals surface area (Å²) >= 11 is 0. The Labute approximate surface area is 115 Å². The van der Waals surface area contributed by atoms with Gasteiger partial charge in [0.2, 0.25) is 0 Å². The van der Waals surface area contributed by atoms with Gasteiger partial charge < -0.3 is 19.9 Å². The smallest absolute Gasteiger partial charge is 0.161 e. The molecule has 108 valence electrons. The molecule has 0 aliphatic heterocycles. The van der Waals surface area contributed by atoms with Crippen molar-refractivity contribution in [1.82, 2.24) is 5.32 Å². The maximum absolute atomic E-state index is 8.72. The molecule has 4 nitrogen and oxygen atoms in total. The molecule has 0 heterocycles. The number of aliphatic hydroxyl groups excluding tert-OH is 1. The Morgan fingerprint density at radius 1 is 1.21 bits per heavy atom. The highest BCUT2D eigenvalue weighted by Crippen LogP contribution is 2.28. The fraction of sp³-hybridized carbons (Fsp3) is 0.600. The van der Waals surface area contributed by atoms with Gasteiger partial charge in [0.15, 0.2) is 11.5 Å². The number of hydrogen-bond donors (Lipinski definition) is 2. The van der Waals surface area contributed by atoms with Crippen molar-refractivity contribution < 1.29 is 14.6 Å². The predicted octanol–water partition coefficient (Wildman–Crippen LogP) is 2.35. The summed E-state index contributed by atoms with van der Waals surface area (Å²) in [5.74, 6) is 1.56. The van der Waals surface area contributed by atoms with Crippen molar-refractivity contribution in [2.24, 2.45) is 0 Å². The van der Waals surface area contributed by atoms with Crippen molar-refractivity contribution in [3.05, 3.63) is 23.8 Å².